The fraction of sp³-hybridized carbons (Fsp3) is 0.167. The molecule has 0 bridgehead atoms. The lowest BCUT2D eigenvalue weighted by Gasteiger charge is -2.05. The zero-order valence-corrected chi connectivity index (χ0v) is 7.88. The monoisotopic (exact) mass is 240 g/mol. The summed E-state index contributed by atoms with van der Waals surface area (Å²) in [6.07, 6.45) is -2.78. The summed E-state index contributed by atoms with van der Waals surface area (Å²) in [5, 5.41) is 12.3. The van der Waals surface area contributed by atoms with Crippen molar-refractivity contribution in [3.05, 3.63) is 22.0 Å². The molecule has 0 radical (unpaired) electrons. The van der Waals surface area contributed by atoms with Gasteiger partial charge in [-0.25, -0.2) is 22.3 Å². The van der Waals surface area contributed by atoms with E-state index < -0.39 is 38.2 Å². The first-order chi connectivity index (χ1) is 6.75. The Kier molecular flexibility index (Phi) is 2.77. The van der Waals surface area contributed by atoms with E-state index in [0.717, 1.165) is 0 Å². The molecule has 0 spiro atoms. The molecule has 0 aliphatic rings. The van der Waals surface area contributed by atoms with Gasteiger partial charge in [-0.2, -0.15) is 0 Å². The summed E-state index contributed by atoms with van der Waals surface area (Å²) in [5.74, 6) is -1.00. The number of sulfonamides is 1. The van der Waals surface area contributed by atoms with Gasteiger partial charge in [-0.3, -0.25) is 4.79 Å². The van der Waals surface area contributed by atoms with E-state index in [1.807, 2.05) is 4.98 Å². The molecular weight excluding hydrogens is 234 g/mol. The number of nitrogens with one attached hydrogen (secondary N) is 1. The number of halogens is 2. The summed E-state index contributed by atoms with van der Waals surface area (Å²) in [6, 6.07) is 0. The molecule has 1 aromatic heterocycles. The number of aromatic hydroxyl groups is 1. The van der Waals surface area contributed by atoms with Crippen LogP contribution in [-0.2, 0) is 10.0 Å². The number of primary sulfonamides is 1. The van der Waals surface area contributed by atoms with E-state index in [-0.39, 0.29) is 0 Å². The van der Waals surface area contributed by atoms with E-state index in [0.29, 0.717) is 6.20 Å². The smallest absolute Gasteiger partial charge is 0.270 e. The van der Waals surface area contributed by atoms with E-state index in [9.17, 15) is 22.0 Å². The molecule has 0 aliphatic heterocycles. The maximum Gasteiger partial charge on any atom is 0.270 e. The number of hydrogen-bond acceptors (Lipinski definition) is 4. The molecule has 0 saturated heterocycles. The van der Waals surface area contributed by atoms with Crippen LogP contribution < -0.4 is 10.6 Å². The highest BCUT2D eigenvalue weighted by Gasteiger charge is 2.26. The van der Waals surface area contributed by atoms with Crippen LogP contribution in [0.15, 0.2) is 16.0 Å². The van der Waals surface area contributed by atoms with Gasteiger partial charge >= 0.3 is 0 Å². The zero-order chi connectivity index (χ0) is 11.8. The first-order valence-corrected chi connectivity index (χ1v) is 5.05. The van der Waals surface area contributed by atoms with E-state index in [1.165, 1.54) is 0 Å². The van der Waals surface area contributed by atoms with Gasteiger partial charge in [0.05, 0.1) is 0 Å². The molecule has 0 unspecified atom stereocenters. The van der Waals surface area contributed by atoms with Crippen LogP contribution >= 0.6 is 0 Å². The van der Waals surface area contributed by atoms with Crippen LogP contribution in [0.25, 0.3) is 0 Å². The quantitative estimate of drug-likeness (QED) is 0.656. The molecule has 0 aromatic carbocycles. The van der Waals surface area contributed by atoms with Gasteiger partial charge in [0.2, 0.25) is 5.43 Å². The van der Waals surface area contributed by atoms with Crippen LogP contribution in [-0.4, -0.2) is 18.5 Å². The van der Waals surface area contributed by atoms with Gasteiger partial charge in [-0.15, -0.1) is 0 Å². The van der Waals surface area contributed by atoms with Crippen LogP contribution in [0.4, 0.5) is 8.78 Å². The van der Waals surface area contributed by atoms with Gasteiger partial charge in [-0.05, 0) is 0 Å². The molecular formula is C6H6F2N2O4S. The third-order valence-corrected chi connectivity index (χ3v) is 2.47. The fourth-order valence-electron chi connectivity index (χ4n) is 0.952. The highest BCUT2D eigenvalue weighted by molar-refractivity contribution is 7.89. The molecule has 1 heterocycles. The predicted octanol–water partition coefficient (Wildman–Crippen LogP) is -0.334. The third kappa shape index (κ3) is 2.13. The van der Waals surface area contributed by atoms with Crippen LogP contribution in [0.3, 0.4) is 0 Å². The predicted molar refractivity (Wildman–Crippen MR) is 45.1 cm³/mol. The molecule has 0 saturated carbocycles. The Morgan fingerprint density at radius 3 is 2.40 bits per heavy atom. The molecule has 0 amide bonds. The molecule has 1 aromatic rings. The molecule has 0 aliphatic carbocycles. The lowest BCUT2D eigenvalue weighted by molar-refractivity contribution is 0.145. The second-order valence-electron chi connectivity index (χ2n) is 2.59. The first-order valence-electron chi connectivity index (χ1n) is 3.50. The van der Waals surface area contributed by atoms with Crippen molar-refractivity contribution >= 4 is 10.0 Å². The normalized spacial score (nSPS) is 12.0. The Morgan fingerprint density at radius 2 is 2.00 bits per heavy atom. The number of aromatic amines is 1. The Hall–Kier alpha value is -1.48. The second kappa shape index (κ2) is 3.59. The molecule has 0 fully saturated rings. The average Bonchev–Trinajstić information content (AvgIpc) is 2.06. The van der Waals surface area contributed by atoms with Gasteiger partial charge in [0.1, 0.15) is 5.56 Å². The minimum absolute atomic E-state index is 0.577. The highest BCUT2D eigenvalue weighted by atomic mass is 32.2. The van der Waals surface area contributed by atoms with Crippen molar-refractivity contribution in [3.8, 4) is 5.75 Å². The van der Waals surface area contributed by atoms with Gasteiger partial charge in [-0.1, -0.05) is 0 Å². The maximum absolute atomic E-state index is 12.3. The zero-order valence-electron chi connectivity index (χ0n) is 7.07. The average molecular weight is 240 g/mol. The SMILES string of the molecule is NS(=O)(=O)c1[nH]cc(O)c(=O)c1C(F)F. The fourth-order valence-corrected chi connectivity index (χ4v) is 1.66. The number of H-pyrrole nitrogens is 1. The standard InChI is InChI=1S/C6H6F2N2O4S/c7-5(8)3-4(12)2(11)1-10-6(3)15(9,13)14/h1,5,11H,(H,10,12)(H2,9,13,14). The van der Waals surface area contributed by atoms with E-state index in [4.69, 9.17) is 5.11 Å². The summed E-state index contributed by atoms with van der Waals surface area (Å²) in [7, 11) is -4.46. The molecule has 6 nitrogen and oxygen atoms in total. The topological polar surface area (TPSA) is 113 Å². The summed E-state index contributed by atoms with van der Waals surface area (Å²) >= 11 is 0. The Morgan fingerprint density at radius 1 is 1.47 bits per heavy atom. The molecule has 1 rings (SSSR count). The van der Waals surface area contributed by atoms with Crippen molar-refractivity contribution in [2.75, 3.05) is 0 Å². The van der Waals surface area contributed by atoms with Crippen molar-refractivity contribution in [1.29, 1.82) is 0 Å². The number of rotatable bonds is 2. The van der Waals surface area contributed by atoms with Gasteiger partial charge in [0, 0.05) is 6.20 Å². The minimum Gasteiger partial charge on any atom is -0.503 e. The summed E-state index contributed by atoms with van der Waals surface area (Å²) in [6.45, 7) is 0. The summed E-state index contributed by atoms with van der Waals surface area (Å²) in [5.41, 5.74) is -2.83. The Bertz CT molecular complexity index is 537. The summed E-state index contributed by atoms with van der Waals surface area (Å²) < 4.78 is 46.3. The molecule has 0 atom stereocenters. The van der Waals surface area contributed by atoms with E-state index in [2.05, 4.69) is 5.14 Å². The highest BCUT2D eigenvalue weighted by Crippen LogP contribution is 2.22. The van der Waals surface area contributed by atoms with E-state index in [1.54, 1.807) is 0 Å². The van der Waals surface area contributed by atoms with Crippen molar-refractivity contribution in [3.63, 3.8) is 0 Å². The van der Waals surface area contributed by atoms with Gasteiger partial charge in [0.25, 0.3) is 16.4 Å². The number of nitrogens with two attached hydrogens (primary N) is 1. The van der Waals surface area contributed by atoms with Crippen LogP contribution in [0.1, 0.15) is 12.0 Å². The Balaban J connectivity index is 3.70. The number of alkyl halides is 2. The Labute approximate surface area is 82.4 Å². The number of hydrogen-bond donors (Lipinski definition) is 3. The minimum atomic E-state index is -4.46. The lowest BCUT2D eigenvalue weighted by atomic mass is 10.3. The van der Waals surface area contributed by atoms with Gasteiger partial charge < -0.3 is 10.1 Å². The number of pyridine rings is 1. The van der Waals surface area contributed by atoms with Crippen molar-refractivity contribution in [2.45, 2.75) is 11.5 Å². The summed E-state index contributed by atoms with van der Waals surface area (Å²) in [4.78, 5) is 12.8. The first kappa shape index (κ1) is 11.6. The second-order valence-corrected chi connectivity index (χ2v) is 4.09. The van der Waals surface area contributed by atoms with Crippen LogP contribution in [0, 0.1) is 0 Å². The van der Waals surface area contributed by atoms with Crippen LogP contribution in [0.5, 0.6) is 5.75 Å². The van der Waals surface area contributed by atoms with Crippen molar-refractivity contribution < 1.29 is 22.3 Å². The molecule has 15 heavy (non-hydrogen) atoms. The molecule has 4 N–H and O–H groups in total. The van der Waals surface area contributed by atoms with Crippen molar-refractivity contribution in [2.24, 2.45) is 5.14 Å². The molecule has 84 valence electrons. The largest absolute Gasteiger partial charge is 0.503 e. The third-order valence-electron chi connectivity index (χ3n) is 1.56. The lowest BCUT2D eigenvalue weighted by Crippen LogP contribution is -2.22. The van der Waals surface area contributed by atoms with E-state index >= 15 is 0 Å². The molecule has 9 heteroatoms. The maximum atomic E-state index is 12.3. The number of aromatic nitrogens is 1. The van der Waals surface area contributed by atoms with Crippen molar-refractivity contribution in [1.82, 2.24) is 4.98 Å². The van der Waals surface area contributed by atoms with Gasteiger partial charge in [0.15, 0.2) is 10.8 Å². The van der Waals surface area contributed by atoms with Crippen LogP contribution in [0.2, 0.25) is 0 Å².